The lowest BCUT2D eigenvalue weighted by Gasteiger charge is -2.26. The minimum absolute atomic E-state index is 0.354. The monoisotopic (exact) mass is 503 g/mol. The zero-order valence-electron chi connectivity index (χ0n) is 18.6. The first-order valence-corrected chi connectivity index (χ1v) is 15.1. The molecule has 0 aliphatic carbocycles. The standard InChI is InChI=1S/C21H30BrN7OSi/c1-27(19-12-23-18(22)11-24-19)16-5-7-28(13-16)20-17-6-8-29(21(17)26-14-25-20)15-30-9-10-31(2,3)4/h6,8,11-12,14,16H,5,7,9-10,13,15H2,1-4H3. The van der Waals surface area contributed by atoms with E-state index in [0.717, 1.165) is 59.4 Å². The molecule has 1 aliphatic rings. The van der Waals surface area contributed by atoms with Crippen molar-refractivity contribution in [3.8, 4) is 0 Å². The molecule has 0 radical (unpaired) electrons. The van der Waals surface area contributed by atoms with E-state index in [1.165, 1.54) is 0 Å². The fraction of sp³-hybridized carbons (Fsp3) is 0.524. The number of likely N-dealkylation sites (N-methyl/N-ethyl adjacent to an activating group) is 1. The van der Waals surface area contributed by atoms with Crippen LogP contribution in [0.3, 0.4) is 0 Å². The van der Waals surface area contributed by atoms with Crippen molar-refractivity contribution in [2.45, 2.75) is 44.9 Å². The molecule has 1 saturated heterocycles. The van der Waals surface area contributed by atoms with Crippen LogP contribution in [0.5, 0.6) is 0 Å². The van der Waals surface area contributed by atoms with E-state index in [1.807, 2.05) is 0 Å². The van der Waals surface area contributed by atoms with E-state index in [4.69, 9.17) is 4.74 Å². The van der Waals surface area contributed by atoms with Gasteiger partial charge in [0.15, 0.2) is 0 Å². The van der Waals surface area contributed by atoms with Crippen molar-refractivity contribution in [3.05, 3.63) is 35.6 Å². The van der Waals surface area contributed by atoms with E-state index in [2.05, 4.69) is 89.2 Å². The van der Waals surface area contributed by atoms with Gasteiger partial charge in [-0.3, -0.25) is 0 Å². The third kappa shape index (κ3) is 5.24. The molecule has 4 heterocycles. The first-order valence-electron chi connectivity index (χ1n) is 10.6. The summed E-state index contributed by atoms with van der Waals surface area (Å²) in [4.78, 5) is 22.5. The maximum atomic E-state index is 5.93. The first-order chi connectivity index (χ1) is 14.8. The molecular weight excluding hydrogens is 474 g/mol. The molecule has 0 bridgehead atoms. The molecule has 3 aromatic rings. The maximum Gasteiger partial charge on any atom is 0.147 e. The Bertz CT molecular complexity index is 1020. The van der Waals surface area contributed by atoms with Crippen molar-refractivity contribution >= 4 is 46.7 Å². The number of rotatable bonds is 8. The fourth-order valence-electron chi connectivity index (χ4n) is 3.81. The number of ether oxygens (including phenoxy) is 1. The van der Waals surface area contributed by atoms with Gasteiger partial charge in [-0.1, -0.05) is 19.6 Å². The minimum Gasteiger partial charge on any atom is -0.361 e. The van der Waals surface area contributed by atoms with Crippen molar-refractivity contribution in [1.29, 1.82) is 0 Å². The normalized spacial score (nSPS) is 16.9. The second-order valence-electron chi connectivity index (χ2n) is 9.26. The number of hydrogen-bond acceptors (Lipinski definition) is 7. The smallest absolute Gasteiger partial charge is 0.147 e. The van der Waals surface area contributed by atoms with Crippen LogP contribution in [-0.2, 0) is 11.5 Å². The summed E-state index contributed by atoms with van der Waals surface area (Å²) in [6.07, 6.45) is 8.29. The SMILES string of the molecule is CN(c1cnc(Br)cn1)C1CCN(c2ncnc3c2ccn3COCC[Si](C)(C)C)C1. The Labute approximate surface area is 192 Å². The average Bonchev–Trinajstić information content (AvgIpc) is 3.38. The van der Waals surface area contributed by atoms with Crippen LogP contribution in [0.15, 0.2) is 35.6 Å². The summed E-state index contributed by atoms with van der Waals surface area (Å²) >= 11 is 3.35. The van der Waals surface area contributed by atoms with Gasteiger partial charge < -0.3 is 19.1 Å². The minimum atomic E-state index is -1.08. The van der Waals surface area contributed by atoms with Crippen LogP contribution in [0.1, 0.15) is 6.42 Å². The quantitative estimate of drug-likeness (QED) is 0.339. The van der Waals surface area contributed by atoms with Gasteiger partial charge >= 0.3 is 0 Å². The second-order valence-corrected chi connectivity index (χ2v) is 15.7. The molecule has 3 aromatic heterocycles. The molecule has 1 fully saturated rings. The zero-order chi connectivity index (χ0) is 22.0. The van der Waals surface area contributed by atoms with Crippen LogP contribution in [0.25, 0.3) is 11.0 Å². The number of halogens is 1. The van der Waals surface area contributed by atoms with Crippen LogP contribution in [0.2, 0.25) is 25.7 Å². The van der Waals surface area contributed by atoms with Crippen molar-refractivity contribution in [2.75, 3.05) is 36.5 Å². The van der Waals surface area contributed by atoms with Crippen molar-refractivity contribution in [3.63, 3.8) is 0 Å². The number of anilines is 2. The summed E-state index contributed by atoms with van der Waals surface area (Å²) in [5, 5.41) is 1.07. The highest BCUT2D eigenvalue weighted by Gasteiger charge is 2.29. The third-order valence-electron chi connectivity index (χ3n) is 5.74. The first kappa shape index (κ1) is 22.2. The van der Waals surface area contributed by atoms with E-state index in [0.29, 0.717) is 12.8 Å². The van der Waals surface area contributed by atoms with Gasteiger partial charge in [0.1, 0.15) is 34.9 Å². The van der Waals surface area contributed by atoms with Gasteiger partial charge in [0, 0.05) is 47.1 Å². The Morgan fingerprint density at radius 3 is 2.77 bits per heavy atom. The lowest BCUT2D eigenvalue weighted by molar-refractivity contribution is 0.0899. The second kappa shape index (κ2) is 9.21. The Morgan fingerprint density at radius 2 is 2.03 bits per heavy atom. The van der Waals surface area contributed by atoms with Crippen LogP contribution in [0, 0.1) is 0 Å². The van der Waals surface area contributed by atoms with Crippen molar-refractivity contribution in [1.82, 2.24) is 24.5 Å². The molecule has 0 saturated carbocycles. The summed E-state index contributed by atoms with van der Waals surface area (Å²) in [6, 6.07) is 3.62. The van der Waals surface area contributed by atoms with E-state index in [-0.39, 0.29) is 0 Å². The van der Waals surface area contributed by atoms with Crippen LogP contribution in [0.4, 0.5) is 11.6 Å². The molecule has 1 atom stereocenters. The number of aromatic nitrogens is 5. The molecular formula is C21H30BrN7OSi. The molecule has 0 aromatic carbocycles. The molecule has 4 rings (SSSR count). The average molecular weight is 505 g/mol. The summed E-state index contributed by atoms with van der Waals surface area (Å²) in [5.41, 5.74) is 0.925. The molecule has 0 amide bonds. The lowest BCUT2D eigenvalue weighted by atomic mass is 10.2. The van der Waals surface area contributed by atoms with Gasteiger partial charge in [0.2, 0.25) is 0 Å². The number of nitrogens with zero attached hydrogens (tertiary/aromatic N) is 7. The highest BCUT2D eigenvalue weighted by atomic mass is 79.9. The van der Waals surface area contributed by atoms with Gasteiger partial charge in [-0.15, -0.1) is 0 Å². The van der Waals surface area contributed by atoms with Gasteiger partial charge in [0.25, 0.3) is 0 Å². The summed E-state index contributed by atoms with van der Waals surface area (Å²) < 4.78 is 8.75. The predicted molar refractivity (Wildman–Crippen MR) is 130 cm³/mol. The topological polar surface area (TPSA) is 72.2 Å². The zero-order valence-corrected chi connectivity index (χ0v) is 21.2. The third-order valence-corrected chi connectivity index (χ3v) is 7.85. The molecule has 1 aliphatic heterocycles. The van der Waals surface area contributed by atoms with Crippen LogP contribution >= 0.6 is 15.9 Å². The summed E-state index contributed by atoms with van der Waals surface area (Å²) in [6.45, 7) is 10.3. The largest absolute Gasteiger partial charge is 0.361 e. The Balaban J connectivity index is 1.44. The Hall–Kier alpha value is -2.04. The van der Waals surface area contributed by atoms with Crippen molar-refractivity contribution < 1.29 is 4.74 Å². The molecule has 31 heavy (non-hydrogen) atoms. The highest BCUT2D eigenvalue weighted by Crippen LogP contribution is 2.29. The van der Waals surface area contributed by atoms with E-state index >= 15 is 0 Å². The van der Waals surface area contributed by atoms with Gasteiger partial charge in [-0.05, 0) is 34.5 Å². The summed E-state index contributed by atoms with van der Waals surface area (Å²) in [5.74, 6) is 1.87. The van der Waals surface area contributed by atoms with Crippen molar-refractivity contribution in [2.24, 2.45) is 0 Å². The Kier molecular flexibility index (Phi) is 6.59. The molecule has 1 unspecified atom stereocenters. The molecule has 8 nitrogen and oxygen atoms in total. The van der Waals surface area contributed by atoms with Gasteiger partial charge in [-0.2, -0.15) is 0 Å². The van der Waals surface area contributed by atoms with Crippen LogP contribution in [-0.4, -0.2) is 65.4 Å². The van der Waals surface area contributed by atoms with E-state index in [1.54, 1.807) is 18.7 Å². The maximum absolute atomic E-state index is 5.93. The highest BCUT2D eigenvalue weighted by molar-refractivity contribution is 9.10. The predicted octanol–water partition coefficient (Wildman–Crippen LogP) is 4.01. The van der Waals surface area contributed by atoms with Gasteiger partial charge in [0.05, 0.1) is 17.8 Å². The lowest BCUT2D eigenvalue weighted by Crippen LogP contribution is -2.35. The number of fused-ring (bicyclic) bond motifs is 1. The Morgan fingerprint density at radius 1 is 1.19 bits per heavy atom. The molecule has 166 valence electrons. The number of hydrogen-bond donors (Lipinski definition) is 0. The van der Waals surface area contributed by atoms with E-state index < -0.39 is 8.07 Å². The molecule has 0 spiro atoms. The molecule has 10 heteroatoms. The fourth-order valence-corrected chi connectivity index (χ4v) is 4.77. The molecule has 0 N–H and O–H groups in total. The summed E-state index contributed by atoms with van der Waals surface area (Å²) in [7, 11) is 0.995. The van der Waals surface area contributed by atoms with Crippen LogP contribution < -0.4 is 9.80 Å². The van der Waals surface area contributed by atoms with E-state index in [9.17, 15) is 0 Å². The van der Waals surface area contributed by atoms with Gasteiger partial charge in [-0.25, -0.2) is 19.9 Å².